The summed E-state index contributed by atoms with van der Waals surface area (Å²) in [7, 11) is 0. The van der Waals surface area contributed by atoms with Gasteiger partial charge >= 0.3 is 0 Å². The number of carbonyl (C=O) groups is 1. The number of amides is 1. The van der Waals surface area contributed by atoms with Gasteiger partial charge in [-0.15, -0.1) is 0 Å². The molecule has 2 N–H and O–H groups in total. The predicted molar refractivity (Wildman–Crippen MR) is 66.5 cm³/mol. The van der Waals surface area contributed by atoms with Crippen LogP contribution in [0.3, 0.4) is 0 Å². The molecule has 1 aliphatic carbocycles. The van der Waals surface area contributed by atoms with Crippen LogP contribution < -0.4 is 5.73 Å². The van der Waals surface area contributed by atoms with E-state index in [4.69, 9.17) is 10.5 Å². The van der Waals surface area contributed by atoms with Crippen molar-refractivity contribution in [2.45, 2.75) is 38.6 Å². The second kappa shape index (κ2) is 5.83. The fourth-order valence-electron chi connectivity index (χ4n) is 2.87. The van der Waals surface area contributed by atoms with Crippen molar-refractivity contribution in [1.82, 2.24) is 4.90 Å². The van der Waals surface area contributed by atoms with E-state index in [0.717, 1.165) is 45.4 Å². The van der Waals surface area contributed by atoms with Gasteiger partial charge in [0.2, 0.25) is 5.91 Å². The largest absolute Gasteiger partial charge is 0.380 e. The third kappa shape index (κ3) is 3.19. The van der Waals surface area contributed by atoms with Gasteiger partial charge in [-0.1, -0.05) is 6.92 Å². The van der Waals surface area contributed by atoms with E-state index in [-0.39, 0.29) is 12.0 Å². The molecule has 1 aliphatic heterocycles. The first-order valence-corrected chi connectivity index (χ1v) is 6.80. The van der Waals surface area contributed by atoms with Gasteiger partial charge < -0.3 is 15.4 Å². The topological polar surface area (TPSA) is 55.6 Å². The van der Waals surface area contributed by atoms with Crippen LogP contribution in [-0.2, 0) is 9.53 Å². The molecule has 2 aliphatic rings. The van der Waals surface area contributed by atoms with Crippen LogP contribution in [0.5, 0.6) is 0 Å². The summed E-state index contributed by atoms with van der Waals surface area (Å²) in [5.41, 5.74) is 6.00. The maximum atomic E-state index is 12.4. The van der Waals surface area contributed by atoms with Crippen molar-refractivity contribution < 1.29 is 9.53 Å². The molecule has 1 heterocycles. The van der Waals surface area contributed by atoms with Crippen molar-refractivity contribution in [1.29, 1.82) is 0 Å². The van der Waals surface area contributed by atoms with Gasteiger partial charge in [-0.25, -0.2) is 0 Å². The number of carbonyl (C=O) groups excluding carboxylic acids is 1. The van der Waals surface area contributed by atoms with Gasteiger partial charge in [-0.2, -0.15) is 0 Å². The van der Waals surface area contributed by atoms with Gasteiger partial charge in [0.25, 0.3) is 0 Å². The summed E-state index contributed by atoms with van der Waals surface area (Å²) in [6, 6.07) is 0.284. The Bertz CT molecular complexity index is 262. The molecule has 0 aromatic rings. The van der Waals surface area contributed by atoms with E-state index in [1.807, 2.05) is 4.90 Å². The monoisotopic (exact) mass is 240 g/mol. The molecule has 2 rings (SSSR count). The maximum absolute atomic E-state index is 12.4. The zero-order valence-electron chi connectivity index (χ0n) is 10.7. The molecule has 1 amide bonds. The number of nitrogens with zero attached hydrogens (tertiary/aromatic N) is 1. The number of rotatable bonds is 1. The zero-order chi connectivity index (χ0) is 12.3. The fraction of sp³-hybridized carbons (Fsp3) is 0.923. The molecule has 17 heavy (non-hydrogen) atoms. The van der Waals surface area contributed by atoms with Gasteiger partial charge in [0.05, 0.1) is 6.61 Å². The highest BCUT2D eigenvalue weighted by Gasteiger charge is 2.32. The number of hydrogen-bond donors (Lipinski definition) is 1. The van der Waals surface area contributed by atoms with Crippen LogP contribution in [0.2, 0.25) is 0 Å². The summed E-state index contributed by atoms with van der Waals surface area (Å²) in [5.74, 6) is 0.998. The highest BCUT2D eigenvalue weighted by Crippen LogP contribution is 2.29. The molecule has 4 heteroatoms. The quantitative estimate of drug-likeness (QED) is 0.744. The Morgan fingerprint density at radius 2 is 2.12 bits per heavy atom. The first-order valence-electron chi connectivity index (χ1n) is 6.80. The molecule has 0 spiro atoms. The molecular formula is C13H24N2O2. The highest BCUT2D eigenvalue weighted by atomic mass is 16.5. The number of nitrogens with two attached hydrogens (primary N) is 1. The molecule has 98 valence electrons. The van der Waals surface area contributed by atoms with E-state index in [1.165, 1.54) is 0 Å². The van der Waals surface area contributed by atoms with Crippen LogP contribution in [-0.4, -0.2) is 43.2 Å². The maximum Gasteiger partial charge on any atom is 0.225 e. The second-order valence-corrected chi connectivity index (χ2v) is 5.44. The molecule has 0 aromatic heterocycles. The lowest BCUT2D eigenvalue weighted by Crippen LogP contribution is -2.43. The first kappa shape index (κ1) is 12.8. The molecule has 3 unspecified atom stereocenters. The minimum atomic E-state index is 0.197. The Kier molecular flexibility index (Phi) is 4.40. The molecule has 0 bridgehead atoms. The predicted octanol–water partition coefficient (Wildman–Crippen LogP) is 0.999. The number of ether oxygens (including phenoxy) is 1. The lowest BCUT2D eigenvalue weighted by Gasteiger charge is -2.34. The minimum Gasteiger partial charge on any atom is -0.380 e. The third-order valence-corrected chi connectivity index (χ3v) is 4.12. The smallest absolute Gasteiger partial charge is 0.225 e. The van der Waals surface area contributed by atoms with Crippen molar-refractivity contribution in [3.8, 4) is 0 Å². The van der Waals surface area contributed by atoms with Crippen molar-refractivity contribution in [3.05, 3.63) is 0 Å². The summed E-state index contributed by atoms with van der Waals surface area (Å²) in [4.78, 5) is 14.4. The second-order valence-electron chi connectivity index (χ2n) is 5.44. The van der Waals surface area contributed by atoms with Crippen molar-refractivity contribution >= 4 is 5.91 Å². The average Bonchev–Trinajstić information content (AvgIpc) is 2.60. The zero-order valence-corrected chi connectivity index (χ0v) is 10.7. The summed E-state index contributed by atoms with van der Waals surface area (Å²) in [5, 5.41) is 0. The molecule has 0 radical (unpaired) electrons. The van der Waals surface area contributed by atoms with E-state index in [1.54, 1.807) is 0 Å². The van der Waals surface area contributed by atoms with Crippen LogP contribution in [0.1, 0.15) is 32.6 Å². The molecule has 1 saturated heterocycles. The molecule has 3 atom stereocenters. The fourth-order valence-corrected chi connectivity index (χ4v) is 2.87. The van der Waals surface area contributed by atoms with Crippen LogP contribution in [0, 0.1) is 11.8 Å². The normalized spacial score (nSPS) is 35.4. The van der Waals surface area contributed by atoms with Gasteiger partial charge in [-0.05, 0) is 31.6 Å². The SMILES string of the molecule is CC1CC(C(=O)N2CCCOCC2)CCC1N. The van der Waals surface area contributed by atoms with Crippen molar-refractivity contribution in [2.75, 3.05) is 26.3 Å². The molecular weight excluding hydrogens is 216 g/mol. The lowest BCUT2D eigenvalue weighted by molar-refractivity contribution is -0.137. The average molecular weight is 240 g/mol. The summed E-state index contributed by atoms with van der Waals surface area (Å²) in [6.45, 7) is 5.25. The third-order valence-electron chi connectivity index (χ3n) is 4.12. The van der Waals surface area contributed by atoms with Crippen LogP contribution in [0.15, 0.2) is 0 Å². The van der Waals surface area contributed by atoms with Gasteiger partial charge in [-0.3, -0.25) is 4.79 Å². The minimum absolute atomic E-state index is 0.197. The Morgan fingerprint density at radius 3 is 2.88 bits per heavy atom. The highest BCUT2D eigenvalue weighted by molar-refractivity contribution is 5.79. The van der Waals surface area contributed by atoms with Crippen LogP contribution in [0.25, 0.3) is 0 Å². The summed E-state index contributed by atoms with van der Waals surface area (Å²) < 4.78 is 5.39. The Morgan fingerprint density at radius 1 is 1.29 bits per heavy atom. The first-order chi connectivity index (χ1) is 8.18. The van der Waals surface area contributed by atoms with Crippen molar-refractivity contribution in [2.24, 2.45) is 17.6 Å². The molecule has 0 aromatic carbocycles. The lowest BCUT2D eigenvalue weighted by atomic mass is 9.78. The van der Waals surface area contributed by atoms with Gasteiger partial charge in [0.1, 0.15) is 0 Å². The van der Waals surface area contributed by atoms with Gasteiger partial charge in [0, 0.05) is 31.7 Å². The Balaban J connectivity index is 1.90. The van der Waals surface area contributed by atoms with Crippen LogP contribution in [0.4, 0.5) is 0 Å². The molecule has 4 nitrogen and oxygen atoms in total. The van der Waals surface area contributed by atoms with E-state index in [2.05, 4.69) is 6.92 Å². The Labute approximate surface area is 103 Å². The molecule has 2 fully saturated rings. The van der Waals surface area contributed by atoms with Crippen LogP contribution >= 0.6 is 0 Å². The van der Waals surface area contributed by atoms with E-state index in [0.29, 0.717) is 18.4 Å². The van der Waals surface area contributed by atoms with E-state index < -0.39 is 0 Å². The number of hydrogen-bond acceptors (Lipinski definition) is 3. The van der Waals surface area contributed by atoms with Gasteiger partial charge in [0.15, 0.2) is 0 Å². The molecule has 1 saturated carbocycles. The Hall–Kier alpha value is -0.610. The standard InChI is InChI=1S/C13H24N2O2/c1-10-9-11(3-4-12(10)14)13(16)15-5-2-7-17-8-6-15/h10-12H,2-9,14H2,1H3. The summed E-state index contributed by atoms with van der Waals surface area (Å²) >= 11 is 0. The van der Waals surface area contributed by atoms with E-state index >= 15 is 0 Å². The van der Waals surface area contributed by atoms with E-state index in [9.17, 15) is 4.79 Å². The summed E-state index contributed by atoms with van der Waals surface area (Å²) in [6.07, 6.45) is 3.87. The van der Waals surface area contributed by atoms with Crippen molar-refractivity contribution in [3.63, 3.8) is 0 Å².